The maximum absolute atomic E-state index is 14.1. The monoisotopic (exact) mass is 1210 g/mol. The number of carbonyl (C=O) groups excluding carboxylic acids is 4. The number of carbonyl (C=O) groups is 5. The number of aliphatic carboxylic acids is 1. The van der Waals surface area contributed by atoms with Gasteiger partial charge in [0.1, 0.15) is 43.9 Å². The van der Waals surface area contributed by atoms with Crippen molar-refractivity contribution in [2.75, 3.05) is 57.9 Å². The van der Waals surface area contributed by atoms with Gasteiger partial charge in [0, 0.05) is 73.2 Å². The number of hydrogen-bond acceptors (Lipinski definition) is 23. The lowest BCUT2D eigenvalue weighted by Crippen LogP contribution is -2.61. The summed E-state index contributed by atoms with van der Waals surface area (Å²) in [6.45, 7) is 4.52. The fourth-order valence-corrected chi connectivity index (χ4v) is 10.5. The highest BCUT2D eigenvalue weighted by Crippen LogP contribution is 2.44. The first-order valence-electron chi connectivity index (χ1n) is 27.4. The molecule has 0 radical (unpaired) electrons. The molecule has 458 valence electrons. The van der Waals surface area contributed by atoms with Crippen LogP contribution in [-0.4, -0.2) is 178 Å². The number of amides is 3. The average Bonchev–Trinajstić information content (AvgIpc) is 1.55. The lowest BCUT2D eigenvalue weighted by molar-refractivity contribution is -0.271. The Morgan fingerprint density at radius 2 is 1.69 bits per heavy atom. The number of aromatic nitrogens is 4. The second kappa shape index (κ2) is 26.5. The molecule has 0 saturated carbocycles. The molecule has 0 aliphatic carbocycles. The number of unbranched alkanes of at least 4 members (excludes halogenated alkanes) is 1. The van der Waals surface area contributed by atoms with E-state index in [1.807, 2.05) is 0 Å². The smallest absolute Gasteiger partial charge is 0.410 e. The van der Waals surface area contributed by atoms with E-state index < -0.39 is 88.3 Å². The predicted octanol–water partition coefficient (Wildman–Crippen LogP) is 1.17. The van der Waals surface area contributed by atoms with Crippen molar-refractivity contribution in [3.8, 4) is 40.5 Å². The summed E-state index contributed by atoms with van der Waals surface area (Å²) in [5, 5.41) is 58.3. The lowest BCUT2D eigenvalue weighted by atomic mass is 9.86. The molecule has 9 rings (SSSR count). The molecule has 86 heavy (non-hydrogen) atoms. The standard InChI is InChI=1S/C57H63N7O21S/c1-5-57(75)37-21-40-46-35(25-64(40)51(70)36(37)27-80-54(57)73)33(34-20-42-43(83-29-82-42)22-38(34)62-46)13-15-63(30(2)3)56(74)81-26-31-11-12-41(84-53-49(69)47(67)48(68)50(85-53)52(71)72)39(19-31)61-45(66)28-79-18-17-78-16-14-58-44(65)10-8-6-7-9-32-23-59-55(60-24-32)86(4,76)77/h11-12,19-24,30,47-50,53,67-69,75H,5-6,8,10,13-18,25-29H2,1-4H3,(H,58,65)(H,61,66)(H,71,72)/t47-,48-,49+,50-,53+,57-/m0/s1. The van der Waals surface area contributed by atoms with Crippen LogP contribution in [0.5, 0.6) is 17.2 Å². The molecule has 4 aliphatic heterocycles. The Hall–Kier alpha value is -8.34. The molecule has 2 aromatic carbocycles. The van der Waals surface area contributed by atoms with E-state index in [1.54, 1.807) is 39.0 Å². The van der Waals surface area contributed by atoms with Gasteiger partial charge in [-0.25, -0.2) is 37.8 Å². The summed E-state index contributed by atoms with van der Waals surface area (Å²) >= 11 is 0. The number of hydrogen-bond donors (Lipinski definition) is 7. The second-order valence-electron chi connectivity index (χ2n) is 20.8. The van der Waals surface area contributed by atoms with E-state index in [1.165, 1.54) is 40.1 Å². The fraction of sp³-hybridized carbons (Fsp3) is 0.456. The van der Waals surface area contributed by atoms with Crippen molar-refractivity contribution in [3.63, 3.8) is 0 Å². The zero-order chi connectivity index (χ0) is 61.6. The SMILES string of the molecule is CC[C@@]1(O)C(=O)OCc2c1cc1n(c2=O)Cc2c-1nc1cc3c(cc1c2CCN(C(=O)OCc1ccc(O[C@@H]2O[C@H](C(=O)O)[C@@H](O)[C@H](O)[C@H]2O)c(NC(=O)COCCOCCNC(=O)CCCC#Cc2cnc(S(C)(=O)=O)nc2)c1)C(C)C)OCO3. The number of aliphatic hydroxyl groups is 4. The molecule has 3 amide bonds. The number of nitrogens with one attached hydrogen (secondary N) is 2. The number of cyclic esters (lactones) is 1. The average molecular weight is 1210 g/mol. The van der Waals surface area contributed by atoms with Crippen molar-refractivity contribution in [1.29, 1.82) is 0 Å². The van der Waals surface area contributed by atoms with E-state index in [2.05, 4.69) is 32.4 Å². The summed E-state index contributed by atoms with van der Waals surface area (Å²) in [6.07, 6.45) is -5.69. The van der Waals surface area contributed by atoms with Crippen LogP contribution < -0.4 is 30.4 Å². The van der Waals surface area contributed by atoms with Crippen LogP contribution in [0.3, 0.4) is 0 Å². The Morgan fingerprint density at radius 3 is 2.41 bits per heavy atom. The van der Waals surface area contributed by atoms with E-state index >= 15 is 0 Å². The molecule has 0 unspecified atom stereocenters. The van der Waals surface area contributed by atoms with E-state index in [0.29, 0.717) is 63.3 Å². The normalized spacial score (nSPS) is 20.0. The lowest BCUT2D eigenvalue weighted by Gasteiger charge is -2.38. The predicted molar refractivity (Wildman–Crippen MR) is 297 cm³/mol. The summed E-state index contributed by atoms with van der Waals surface area (Å²) in [4.78, 5) is 92.7. The summed E-state index contributed by atoms with van der Waals surface area (Å²) in [5.41, 5.74) is 1.25. The third-order valence-electron chi connectivity index (χ3n) is 14.6. The van der Waals surface area contributed by atoms with Crippen molar-refractivity contribution in [3.05, 3.63) is 92.5 Å². The molecule has 5 aromatic rings. The molecular weight excluding hydrogens is 1150 g/mol. The van der Waals surface area contributed by atoms with Crippen LogP contribution in [0.25, 0.3) is 22.3 Å². The van der Waals surface area contributed by atoms with E-state index in [9.17, 15) is 62.7 Å². The van der Waals surface area contributed by atoms with Crippen molar-refractivity contribution >= 4 is 56.3 Å². The molecule has 1 fully saturated rings. The van der Waals surface area contributed by atoms with Gasteiger partial charge in [-0.05, 0) is 68.5 Å². The number of esters is 1. The van der Waals surface area contributed by atoms with Crippen LogP contribution in [0, 0.1) is 11.8 Å². The summed E-state index contributed by atoms with van der Waals surface area (Å²) < 4.78 is 69.3. The van der Waals surface area contributed by atoms with Crippen molar-refractivity contribution < 1.29 is 95.8 Å². The second-order valence-corrected chi connectivity index (χ2v) is 22.7. The number of anilines is 1. The number of fused-ring (bicyclic) bond motifs is 6. The number of carboxylic acids is 1. The van der Waals surface area contributed by atoms with Gasteiger partial charge < -0.3 is 83.5 Å². The molecule has 1 saturated heterocycles. The first-order chi connectivity index (χ1) is 41.1. The van der Waals surface area contributed by atoms with Gasteiger partial charge >= 0.3 is 18.0 Å². The van der Waals surface area contributed by atoms with Gasteiger partial charge in [-0.2, -0.15) is 0 Å². The van der Waals surface area contributed by atoms with Crippen molar-refractivity contribution in [2.24, 2.45) is 0 Å². The Bertz CT molecular complexity index is 3680. The number of rotatable bonds is 23. The van der Waals surface area contributed by atoms with Gasteiger partial charge in [0.2, 0.25) is 39.9 Å². The van der Waals surface area contributed by atoms with E-state index in [4.69, 9.17) is 42.9 Å². The first kappa shape index (κ1) is 62.2. The maximum Gasteiger partial charge on any atom is 0.410 e. The van der Waals surface area contributed by atoms with Gasteiger partial charge in [0.05, 0.1) is 60.1 Å². The van der Waals surface area contributed by atoms with Crippen LogP contribution in [0.15, 0.2) is 58.7 Å². The zero-order valence-electron chi connectivity index (χ0n) is 47.1. The van der Waals surface area contributed by atoms with E-state index in [-0.39, 0.29) is 112 Å². The van der Waals surface area contributed by atoms with Gasteiger partial charge in [-0.3, -0.25) is 14.4 Å². The van der Waals surface area contributed by atoms with Gasteiger partial charge in [0.15, 0.2) is 23.2 Å². The number of carboxylic acid groups (broad SMARTS) is 1. The molecule has 3 aromatic heterocycles. The van der Waals surface area contributed by atoms with Crippen LogP contribution in [-0.2, 0) is 84.5 Å². The molecule has 4 aliphatic rings. The highest BCUT2D eigenvalue weighted by atomic mass is 32.2. The third kappa shape index (κ3) is 13.7. The molecule has 7 N–H and O–H groups in total. The van der Waals surface area contributed by atoms with Gasteiger partial charge in [-0.15, -0.1) is 0 Å². The maximum atomic E-state index is 14.1. The topological polar surface area (TPSA) is 382 Å². The number of pyridine rings is 2. The van der Waals surface area contributed by atoms with Crippen molar-refractivity contribution in [1.82, 2.24) is 29.7 Å². The van der Waals surface area contributed by atoms with Crippen LogP contribution in [0.2, 0.25) is 0 Å². The molecule has 7 heterocycles. The van der Waals surface area contributed by atoms with Gasteiger partial charge in [-0.1, -0.05) is 24.8 Å². The quantitative estimate of drug-likeness (QED) is 0.0205. The van der Waals surface area contributed by atoms with Crippen LogP contribution in [0.4, 0.5) is 10.5 Å². The summed E-state index contributed by atoms with van der Waals surface area (Å²) in [6, 6.07) is 8.88. The van der Waals surface area contributed by atoms with Crippen LogP contribution in [0.1, 0.15) is 79.8 Å². The van der Waals surface area contributed by atoms with Crippen molar-refractivity contribution in [2.45, 2.75) is 120 Å². The molecule has 6 atom stereocenters. The Morgan fingerprint density at radius 1 is 0.942 bits per heavy atom. The highest BCUT2D eigenvalue weighted by Gasteiger charge is 2.49. The van der Waals surface area contributed by atoms with E-state index in [0.717, 1.165) is 11.8 Å². The third-order valence-corrected chi connectivity index (χ3v) is 15.4. The Kier molecular flexibility index (Phi) is 19.2. The minimum absolute atomic E-state index is 0.0114. The number of benzene rings is 2. The minimum atomic E-state index is -3.53. The Labute approximate surface area is 491 Å². The Balaban J connectivity index is 0.824. The molecule has 28 nitrogen and oxygen atoms in total. The van der Waals surface area contributed by atoms with Crippen LogP contribution >= 0.6 is 0 Å². The number of ether oxygens (including phenoxy) is 8. The largest absolute Gasteiger partial charge is 0.479 e. The molecule has 29 heteroatoms. The minimum Gasteiger partial charge on any atom is -0.479 e. The first-order valence-corrected chi connectivity index (χ1v) is 29.3. The highest BCUT2D eigenvalue weighted by molar-refractivity contribution is 7.90. The zero-order valence-corrected chi connectivity index (χ0v) is 47.9. The number of nitrogens with zero attached hydrogens (tertiary/aromatic N) is 5. The fourth-order valence-electron chi connectivity index (χ4n) is 10.00. The molecule has 0 bridgehead atoms. The summed E-state index contributed by atoms with van der Waals surface area (Å²) in [5.74, 6) is 3.00. The number of aliphatic hydroxyl groups excluding tert-OH is 3. The van der Waals surface area contributed by atoms with Gasteiger partial charge in [0.25, 0.3) is 5.56 Å². The molecule has 0 spiro atoms. The molecular formula is C57H63N7O21S. The number of sulfone groups is 1. The summed E-state index contributed by atoms with van der Waals surface area (Å²) in [7, 11) is -3.53.